The van der Waals surface area contributed by atoms with Crippen LogP contribution < -0.4 is 14.8 Å². The van der Waals surface area contributed by atoms with Gasteiger partial charge in [0.1, 0.15) is 0 Å². The Balaban J connectivity index is 2.02. The highest BCUT2D eigenvalue weighted by Gasteiger charge is 2.16. The van der Waals surface area contributed by atoms with E-state index >= 15 is 0 Å². The van der Waals surface area contributed by atoms with Crippen LogP contribution in [0, 0.1) is 6.92 Å². The first-order chi connectivity index (χ1) is 10.1. The van der Waals surface area contributed by atoms with Crippen LogP contribution in [0.5, 0.6) is 11.5 Å². The number of benzene rings is 2. The summed E-state index contributed by atoms with van der Waals surface area (Å²) in [5, 5.41) is 2.84. The van der Waals surface area contributed by atoms with Crippen LogP contribution in [0.25, 0.3) is 0 Å². The molecule has 0 spiro atoms. The average molecular weight is 285 g/mol. The standard InChI is InChI=1S/C17H19NO3/c1-12-7-6-8-14(11-12)18-17(19)13(2)21-16-10-5-4-9-15(16)20-3/h4-11,13H,1-3H3,(H,18,19). The largest absolute Gasteiger partial charge is 0.493 e. The first-order valence-electron chi connectivity index (χ1n) is 6.77. The lowest BCUT2D eigenvalue weighted by Gasteiger charge is -2.16. The minimum Gasteiger partial charge on any atom is -0.493 e. The highest BCUT2D eigenvalue weighted by Crippen LogP contribution is 2.27. The number of aryl methyl sites for hydroxylation is 1. The fourth-order valence-electron chi connectivity index (χ4n) is 1.93. The van der Waals surface area contributed by atoms with Gasteiger partial charge in [-0.05, 0) is 43.7 Å². The van der Waals surface area contributed by atoms with E-state index in [9.17, 15) is 4.79 Å². The summed E-state index contributed by atoms with van der Waals surface area (Å²) in [6, 6.07) is 14.9. The molecule has 0 fully saturated rings. The van der Waals surface area contributed by atoms with Crippen molar-refractivity contribution in [2.45, 2.75) is 20.0 Å². The summed E-state index contributed by atoms with van der Waals surface area (Å²) in [5.41, 5.74) is 1.85. The van der Waals surface area contributed by atoms with Crippen LogP contribution in [0.3, 0.4) is 0 Å². The van der Waals surface area contributed by atoms with Gasteiger partial charge in [0.25, 0.3) is 5.91 Å². The van der Waals surface area contributed by atoms with Gasteiger partial charge in [0, 0.05) is 5.69 Å². The van der Waals surface area contributed by atoms with E-state index in [-0.39, 0.29) is 5.91 Å². The molecule has 110 valence electrons. The predicted octanol–water partition coefficient (Wildman–Crippen LogP) is 3.41. The summed E-state index contributed by atoms with van der Waals surface area (Å²) in [6.45, 7) is 3.68. The summed E-state index contributed by atoms with van der Waals surface area (Å²) in [4.78, 5) is 12.2. The quantitative estimate of drug-likeness (QED) is 0.915. The third kappa shape index (κ3) is 3.99. The van der Waals surface area contributed by atoms with Gasteiger partial charge in [-0.1, -0.05) is 24.3 Å². The third-order valence-electron chi connectivity index (χ3n) is 3.03. The zero-order valence-corrected chi connectivity index (χ0v) is 12.4. The number of hydrogen-bond donors (Lipinski definition) is 1. The van der Waals surface area contributed by atoms with Crippen molar-refractivity contribution in [3.05, 3.63) is 54.1 Å². The molecule has 0 aromatic heterocycles. The lowest BCUT2D eigenvalue weighted by atomic mass is 10.2. The molecule has 4 nitrogen and oxygen atoms in total. The number of carbonyl (C=O) groups is 1. The Kier molecular flexibility index (Phi) is 4.82. The molecule has 0 aliphatic rings. The van der Waals surface area contributed by atoms with Crippen molar-refractivity contribution in [3.8, 4) is 11.5 Å². The zero-order chi connectivity index (χ0) is 15.2. The van der Waals surface area contributed by atoms with Crippen LogP contribution in [0.1, 0.15) is 12.5 Å². The number of anilines is 1. The molecule has 0 saturated heterocycles. The molecule has 0 saturated carbocycles. The van der Waals surface area contributed by atoms with Crippen molar-refractivity contribution >= 4 is 11.6 Å². The number of ether oxygens (including phenoxy) is 2. The van der Waals surface area contributed by atoms with E-state index in [1.165, 1.54) is 0 Å². The minimum absolute atomic E-state index is 0.202. The number of carbonyl (C=O) groups excluding carboxylic acids is 1. The van der Waals surface area contributed by atoms with Crippen LogP contribution in [0.15, 0.2) is 48.5 Å². The molecule has 2 rings (SSSR count). The van der Waals surface area contributed by atoms with Crippen LogP contribution in [0.4, 0.5) is 5.69 Å². The van der Waals surface area contributed by atoms with Crippen molar-refractivity contribution in [2.75, 3.05) is 12.4 Å². The third-order valence-corrected chi connectivity index (χ3v) is 3.03. The number of para-hydroxylation sites is 2. The number of methoxy groups -OCH3 is 1. The lowest BCUT2D eigenvalue weighted by Crippen LogP contribution is -2.30. The smallest absolute Gasteiger partial charge is 0.265 e. The Bertz CT molecular complexity index is 625. The van der Waals surface area contributed by atoms with Gasteiger partial charge >= 0.3 is 0 Å². The summed E-state index contributed by atoms with van der Waals surface area (Å²) in [5.74, 6) is 0.950. The molecule has 4 heteroatoms. The molecule has 0 aliphatic heterocycles. The monoisotopic (exact) mass is 285 g/mol. The second-order valence-corrected chi connectivity index (χ2v) is 4.77. The van der Waals surface area contributed by atoms with Gasteiger partial charge < -0.3 is 14.8 Å². The topological polar surface area (TPSA) is 47.6 Å². The van der Waals surface area contributed by atoms with E-state index in [4.69, 9.17) is 9.47 Å². The molecule has 0 radical (unpaired) electrons. The Morgan fingerprint density at radius 3 is 2.48 bits per heavy atom. The zero-order valence-electron chi connectivity index (χ0n) is 12.4. The second kappa shape index (κ2) is 6.79. The summed E-state index contributed by atoms with van der Waals surface area (Å²) < 4.78 is 10.9. The molecule has 21 heavy (non-hydrogen) atoms. The van der Waals surface area contributed by atoms with Crippen molar-refractivity contribution in [1.82, 2.24) is 0 Å². The molecule has 1 atom stereocenters. The molecule has 0 heterocycles. The van der Waals surface area contributed by atoms with Crippen LogP contribution in [-0.2, 0) is 4.79 Å². The molecular weight excluding hydrogens is 266 g/mol. The van der Waals surface area contributed by atoms with Crippen molar-refractivity contribution < 1.29 is 14.3 Å². The molecule has 2 aromatic rings. The normalized spacial score (nSPS) is 11.6. The number of rotatable bonds is 5. The number of hydrogen-bond acceptors (Lipinski definition) is 3. The Morgan fingerprint density at radius 1 is 1.10 bits per heavy atom. The van der Waals surface area contributed by atoms with Crippen molar-refractivity contribution in [2.24, 2.45) is 0 Å². The fraction of sp³-hybridized carbons (Fsp3) is 0.235. The van der Waals surface area contributed by atoms with Crippen molar-refractivity contribution in [1.29, 1.82) is 0 Å². The molecule has 0 aliphatic carbocycles. The summed E-state index contributed by atoms with van der Waals surface area (Å²) in [6.07, 6.45) is -0.623. The second-order valence-electron chi connectivity index (χ2n) is 4.77. The average Bonchev–Trinajstić information content (AvgIpc) is 2.47. The Morgan fingerprint density at radius 2 is 1.81 bits per heavy atom. The van der Waals surface area contributed by atoms with Gasteiger partial charge in [0.2, 0.25) is 0 Å². The van der Waals surface area contributed by atoms with Gasteiger partial charge in [-0.3, -0.25) is 4.79 Å². The number of nitrogens with one attached hydrogen (secondary N) is 1. The molecule has 1 N–H and O–H groups in total. The fourth-order valence-corrected chi connectivity index (χ4v) is 1.93. The molecule has 0 bridgehead atoms. The Hall–Kier alpha value is -2.49. The molecule has 2 aromatic carbocycles. The van der Waals surface area contributed by atoms with Gasteiger partial charge in [0.05, 0.1) is 7.11 Å². The first-order valence-corrected chi connectivity index (χ1v) is 6.77. The SMILES string of the molecule is COc1ccccc1OC(C)C(=O)Nc1cccc(C)c1. The van der Waals surface area contributed by atoms with Gasteiger partial charge in [-0.15, -0.1) is 0 Å². The van der Waals surface area contributed by atoms with Crippen molar-refractivity contribution in [3.63, 3.8) is 0 Å². The van der Waals surface area contributed by atoms with E-state index in [1.807, 2.05) is 43.3 Å². The van der Waals surface area contributed by atoms with Crippen LogP contribution in [0.2, 0.25) is 0 Å². The maximum Gasteiger partial charge on any atom is 0.265 e. The predicted molar refractivity (Wildman–Crippen MR) is 82.9 cm³/mol. The van der Waals surface area contributed by atoms with Crippen LogP contribution >= 0.6 is 0 Å². The number of amides is 1. The summed E-state index contributed by atoms with van der Waals surface area (Å²) in [7, 11) is 1.57. The molecule has 1 unspecified atom stereocenters. The van der Waals surface area contributed by atoms with Gasteiger partial charge in [-0.25, -0.2) is 0 Å². The van der Waals surface area contributed by atoms with E-state index in [0.29, 0.717) is 11.5 Å². The van der Waals surface area contributed by atoms with Gasteiger partial charge in [-0.2, -0.15) is 0 Å². The summed E-state index contributed by atoms with van der Waals surface area (Å²) >= 11 is 0. The van der Waals surface area contributed by atoms with Crippen LogP contribution in [-0.4, -0.2) is 19.1 Å². The van der Waals surface area contributed by atoms with E-state index < -0.39 is 6.10 Å². The highest BCUT2D eigenvalue weighted by atomic mass is 16.5. The van der Waals surface area contributed by atoms with E-state index in [1.54, 1.807) is 26.2 Å². The maximum absolute atomic E-state index is 12.2. The lowest BCUT2D eigenvalue weighted by molar-refractivity contribution is -0.122. The molecule has 1 amide bonds. The van der Waals surface area contributed by atoms with Gasteiger partial charge in [0.15, 0.2) is 17.6 Å². The molecular formula is C17H19NO3. The highest BCUT2D eigenvalue weighted by molar-refractivity contribution is 5.94. The Labute approximate surface area is 124 Å². The van der Waals surface area contributed by atoms with E-state index in [2.05, 4.69) is 5.32 Å². The van der Waals surface area contributed by atoms with E-state index in [0.717, 1.165) is 11.3 Å². The first kappa shape index (κ1) is 14.9. The maximum atomic E-state index is 12.2. The minimum atomic E-state index is -0.623.